The lowest BCUT2D eigenvalue weighted by atomic mass is 9.94. The third-order valence-electron chi connectivity index (χ3n) is 5.65. The fourth-order valence-corrected chi connectivity index (χ4v) is 4.08. The molecular formula is C23H23NO4. The van der Waals surface area contributed by atoms with Crippen LogP contribution in [-0.2, 0) is 4.74 Å². The van der Waals surface area contributed by atoms with E-state index in [1.54, 1.807) is 19.1 Å². The molecule has 4 rings (SSSR count). The molecule has 2 aromatic carbocycles. The van der Waals surface area contributed by atoms with Gasteiger partial charge in [0.25, 0.3) is 11.8 Å². The molecule has 0 saturated heterocycles. The zero-order valence-electron chi connectivity index (χ0n) is 15.9. The van der Waals surface area contributed by atoms with Gasteiger partial charge in [0.15, 0.2) is 0 Å². The molecule has 144 valence electrons. The molecule has 0 N–H and O–H groups in total. The number of carbonyl (C=O) groups excluding carboxylic acids is 3. The number of fused-ring (bicyclic) bond motifs is 1. The van der Waals surface area contributed by atoms with Crippen LogP contribution < -0.4 is 0 Å². The lowest BCUT2D eigenvalue weighted by Crippen LogP contribution is -2.40. The summed E-state index contributed by atoms with van der Waals surface area (Å²) in [4.78, 5) is 39.6. The minimum Gasteiger partial charge on any atom is -0.454 e. The van der Waals surface area contributed by atoms with E-state index in [0.29, 0.717) is 11.1 Å². The molecule has 2 amide bonds. The zero-order chi connectivity index (χ0) is 19.7. The third kappa shape index (κ3) is 3.33. The summed E-state index contributed by atoms with van der Waals surface area (Å²) in [6, 6.07) is 14.1. The predicted molar refractivity (Wildman–Crippen MR) is 104 cm³/mol. The number of esters is 1. The minimum absolute atomic E-state index is 0.0327. The van der Waals surface area contributed by atoms with Crippen molar-refractivity contribution < 1.29 is 19.1 Å². The molecule has 1 saturated carbocycles. The number of hydrogen-bond acceptors (Lipinski definition) is 4. The molecule has 28 heavy (non-hydrogen) atoms. The first-order valence-corrected chi connectivity index (χ1v) is 9.84. The maximum Gasteiger partial charge on any atom is 0.338 e. The molecule has 0 radical (unpaired) electrons. The Morgan fingerprint density at radius 2 is 1.64 bits per heavy atom. The Morgan fingerprint density at radius 3 is 2.36 bits per heavy atom. The highest BCUT2D eigenvalue weighted by Crippen LogP contribution is 2.31. The van der Waals surface area contributed by atoms with Crippen LogP contribution in [0.2, 0.25) is 0 Å². The Labute approximate surface area is 164 Å². The molecule has 1 aliphatic heterocycles. The molecule has 1 atom stereocenters. The lowest BCUT2D eigenvalue weighted by molar-refractivity contribution is 0.0337. The van der Waals surface area contributed by atoms with E-state index in [9.17, 15) is 14.4 Å². The average Bonchev–Trinajstić information content (AvgIpc) is 2.99. The van der Waals surface area contributed by atoms with E-state index >= 15 is 0 Å². The summed E-state index contributed by atoms with van der Waals surface area (Å²) in [7, 11) is 0. The third-order valence-corrected chi connectivity index (χ3v) is 5.65. The summed E-state index contributed by atoms with van der Waals surface area (Å²) in [5, 5.41) is 0. The van der Waals surface area contributed by atoms with Crippen molar-refractivity contribution in [3.8, 4) is 0 Å². The van der Waals surface area contributed by atoms with Crippen molar-refractivity contribution in [3.63, 3.8) is 0 Å². The zero-order valence-corrected chi connectivity index (χ0v) is 15.9. The average molecular weight is 377 g/mol. The second-order valence-corrected chi connectivity index (χ2v) is 7.49. The van der Waals surface area contributed by atoms with Gasteiger partial charge in [-0.25, -0.2) is 4.79 Å². The van der Waals surface area contributed by atoms with Crippen LogP contribution in [-0.4, -0.2) is 28.7 Å². The van der Waals surface area contributed by atoms with E-state index in [0.717, 1.165) is 37.7 Å². The molecule has 0 spiro atoms. The van der Waals surface area contributed by atoms with Crippen molar-refractivity contribution in [2.45, 2.75) is 51.2 Å². The van der Waals surface area contributed by atoms with E-state index in [1.807, 2.05) is 30.3 Å². The van der Waals surface area contributed by atoms with Crippen molar-refractivity contribution in [1.29, 1.82) is 0 Å². The van der Waals surface area contributed by atoms with Gasteiger partial charge in [0.2, 0.25) is 0 Å². The molecule has 0 aromatic heterocycles. The number of imide groups is 1. The molecule has 5 nitrogen and oxygen atoms in total. The highest BCUT2D eigenvalue weighted by molar-refractivity contribution is 6.22. The maximum absolute atomic E-state index is 12.9. The number of amides is 2. The van der Waals surface area contributed by atoms with Crippen LogP contribution >= 0.6 is 0 Å². The van der Waals surface area contributed by atoms with Gasteiger partial charge in [-0.1, -0.05) is 49.6 Å². The van der Waals surface area contributed by atoms with Gasteiger partial charge in [-0.15, -0.1) is 0 Å². The van der Waals surface area contributed by atoms with Gasteiger partial charge in [-0.3, -0.25) is 14.5 Å². The van der Waals surface area contributed by atoms with Crippen molar-refractivity contribution in [3.05, 3.63) is 70.8 Å². The quantitative estimate of drug-likeness (QED) is 0.580. The van der Waals surface area contributed by atoms with Crippen molar-refractivity contribution >= 4 is 17.8 Å². The maximum atomic E-state index is 12.9. The van der Waals surface area contributed by atoms with Crippen LogP contribution in [0.15, 0.2) is 48.5 Å². The minimum atomic E-state index is -0.504. The van der Waals surface area contributed by atoms with Gasteiger partial charge in [0.05, 0.1) is 16.7 Å². The monoisotopic (exact) mass is 377 g/mol. The van der Waals surface area contributed by atoms with Gasteiger partial charge >= 0.3 is 5.97 Å². The number of nitrogens with zero attached hydrogens (tertiary/aromatic N) is 1. The van der Waals surface area contributed by atoms with Gasteiger partial charge in [0, 0.05) is 6.04 Å². The van der Waals surface area contributed by atoms with E-state index in [2.05, 4.69) is 0 Å². The topological polar surface area (TPSA) is 63.7 Å². The first-order chi connectivity index (χ1) is 13.6. The first kappa shape index (κ1) is 18.4. The molecule has 0 bridgehead atoms. The second-order valence-electron chi connectivity index (χ2n) is 7.49. The van der Waals surface area contributed by atoms with Gasteiger partial charge in [-0.2, -0.15) is 0 Å². The lowest BCUT2D eigenvalue weighted by Gasteiger charge is -2.29. The van der Waals surface area contributed by atoms with Crippen LogP contribution in [0.25, 0.3) is 0 Å². The Bertz CT molecular complexity index is 915. The summed E-state index contributed by atoms with van der Waals surface area (Å²) < 4.78 is 5.54. The number of ether oxygens (including phenoxy) is 1. The Kier molecular flexibility index (Phi) is 4.99. The highest BCUT2D eigenvalue weighted by Gasteiger charge is 2.40. The van der Waals surface area contributed by atoms with E-state index in [4.69, 9.17) is 4.74 Å². The first-order valence-electron chi connectivity index (χ1n) is 9.84. The number of rotatable bonds is 4. The normalized spacial score (nSPS) is 18.1. The summed E-state index contributed by atoms with van der Waals surface area (Å²) >= 11 is 0. The molecule has 5 heteroatoms. The smallest absolute Gasteiger partial charge is 0.338 e. The van der Waals surface area contributed by atoms with E-state index in [1.165, 1.54) is 11.0 Å². The Hall–Kier alpha value is -2.95. The van der Waals surface area contributed by atoms with Crippen molar-refractivity contribution in [2.24, 2.45) is 0 Å². The fourth-order valence-electron chi connectivity index (χ4n) is 4.08. The van der Waals surface area contributed by atoms with Crippen molar-refractivity contribution in [2.75, 3.05) is 0 Å². The van der Waals surface area contributed by atoms with Gasteiger partial charge < -0.3 is 4.74 Å². The summed E-state index contributed by atoms with van der Waals surface area (Å²) in [6.07, 6.45) is 4.53. The van der Waals surface area contributed by atoms with Crippen LogP contribution in [0.1, 0.15) is 81.8 Å². The van der Waals surface area contributed by atoms with Crippen LogP contribution in [0.5, 0.6) is 0 Å². The van der Waals surface area contributed by atoms with Crippen LogP contribution in [0.3, 0.4) is 0 Å². The molecule has 2 aromatic rings. The predicted octanol–water partition coefficient (Wildman–Crippen LogP) is 4.53. The van der Waals surface area contributed by atoms with E-state index in [-0.39, 0.29) is 23.4 Å². The summed E-state index contributed by atoms with van der Waals surface area (Å²) in [5.74, 6) is -1.04. The molecule has 1 unspecified atom stereocenters. The summed E-state index contributed by atoms with van der Waals surface area (Å²) in [5.41, 5.74) is 1.86. The molecule has 1 aliphatic carbocycles. The SMILES string of the molecule is CC(OC(=O)c1ccc2c(c1)C(=O)N(C1CCCCC1)C2=O)c1ccccc1. The molecule has 1 heterocycles. The van der Waals surface area contributed by atoms with Crippen molar-refractivity contribution in [1.82, 2.24) is 4.90 Å². The Balaban J connectivity index is 1.53. The van der Waals surface area contributed by atoms with Crippen LogP contribution in [0, 0.1) is 0 Å². The van der Waals surface area contributed by atoms with E-state index < -0.39 is 12.1 Å². The number of benzene rings is 2. The number of hydrogen-bond donors (Lipinski definition) is 0. The van der Waals surface area contributed by atoms with Crippen LogP contribution in [0.4, 0.5) is 0 Å². The molecule has 1 fully saturated rings. The number of carbonyl (C=O) groups is 3. The molecular weight excluding hydrogens is 354 g/mol. The summed E-state index contributed by atoms with van der Waals surface area (Å²) in [6.45, 7) is 1.81. The Morgan fingerprint density at radius 1 is 0.964 bits per heavy atom. The molecule has 2 aliphatic rings. The standard InChI is InChI=1S/C23H23NO4/c1-15(16-8-4-2-5-9-16)28-23(27)17-12-13-19-20(14-17)22(26)24(21(19)25)18-10-6-3-7-11-18/h2,4-5,8-9,12-15,18H,3,6-7,10-11H2,1H3. The largest absolute Gasteiger partial charge is 0.454 e. The highest BCUT2D eigenvalue weighted by atomic mass is 16.5. The van der Waals surface area contributed by atoms with Gasteiger partial charge in [-0.05, 0) is 43.5 Å². The van der Waals surface area contributed by atoms with Gasteiger partial charge in [0.1, 0.15) is 6.10 Å². The second kappa shape index (κ2) is 7.58. The fraction of sp³-hybridized carbons (Fsp3) is 0.348.